The number of amidine groups is 1. The number of aliphatic imine (C=N–C) groups is 1. The van der Waals surface area contributed by atoms with Crippen LogP contribution in [0.15, 0.2) is 65.3 Å². The van der Waals surface area contributed by atoms with E-state index in [-0.39, 0.29) is 5.91 Å². The summed E-state index contributed by atoms with van der Waals surface area (Å²) in [6, 6.07) is 17.0. The molecule has 21 heavy (non-hydrogen) atoms. The predicted molar refractivity (Wildman–Crippen MR) is 82.1 cm³/mol. The largest absolute Gasteiger partial charge is 0.497 e. The lowest BCUT2D eigenvalue weighted by Gasteiger charge is -1.99. The average Bonchev–Trinajstić information content (AvgIpc) is 2.90. The Labute approximate surface area is 122 Å². The average molecular weight is 278 g/mol. The minimum Gasteiger partial charge on any atom is -0.497 e. The van der Waals surface area contributed by atoms with Crippen molar-refractivity contribution in [1.29, 1.82) is 0 Å². The first-order valence-corrected chi connectivity index (χ1v) is 6.57. The van der Waals surface area contributed by atoms with Gasteiger partial charge in [-0.2, -0.15) is 0 Å². The minimum absolute atomic E-state index is 0.190. The first kappa shape index (κ1) is 13.1. The fourth-order valence-electron chi connectivity index (χ4n) is 2.06. The molecule has 0 atom stereocenters. The van der Waals surface area contributed by atoms with E-state index < -0.39 is 0 Å². The van der Waals surface area contributed by atoms with Gasteiger partial charge in [0.15, 0.2) is 0 Å². The van der Waals surface area contributed by atoms with Gasteiger partial charge in [0, 0.05) is 5.56 Å². The molecule has 2 aromatic rings. The molecule has 0 fully saturated rings. The highest BCUT2D eigenvalue weighted by molar-refractivity contribution is 6.19. The third-order valence-electron chi connectivity index (χ3n) is 3.16. The lowest BCUT2D eigenvalue weighted by Crippen LogP contribution is -2.24. The Morgan fingerprint density at radius 1 is 1.05 bits per heavy atom. The zero-order valence-corrected chi connectivity index (χ0v) is 11.5. The van der Waals surface area contributed by atoms with Crippen LogP contribution in [0.3, 0.4) is 0 Å². The highest BCUT2D eigenvalue weighted by Gasteiger charge is 2.20. The van der Waals surface area contributed by atoms with Gasteiger partial charge in [0.2, 0.25) is 0 Å². The number of ether oxygens (including phenoxy) is 1. The van der Waals surface area contributed by atoms with Gasteiger partial charge in [-0.15, -0.1) is 0 Å². The van der Waals surface area contributed by atoms with E-state index in [0.717, 1.165) is 16.9 Å². The van der Waals surface area contributed by atoms with Gasteiger partial charge in [0.1, 0.15) is 17.3 Å². The summed E-state index contributed by atoms with van der Waals surface area (Å²) in [6.45, 7) is 0. The van der Waals surface area contributed by atoms with Crippen LogP contribution in [0.5, 0.6) is 5.75 Å². The van der Waals surface area contributed by atoms with Crippen LogP contribution >= 0.6 is 0 Å². The van der Waals surface area contributed by atoms with Gasteiger partial charge in [0.25, 0.3) is 5.91 Å². The fourth-order valence-corrected chi connectivity index (χ4v) is 2.06. The van der Waals surface area contributed by atoms with Crippen molar-refractivity contribution in [3.63, 3.8) is 0 Å². The molecule has 0 unspecified atom stereocenters. The molecule has 4 nitrogen and oxygen atoms in total. The quantitative estimate of drug-likeness (QED) is 0.877. The number of hydrogen-bond donors (Lipinski definition) is 1. The number of carbonyl (C=O) groups excluding carboxylic acids is 1. The van der Waals surface area contributed by atoms with E-state index >= 15 is 0 Å². The summed E-state index contributed by atoms with van der Waals surface area (Å²) < 4.78 is 5.11. The first-order valence-electron chi connectivity index (χ1n) is 6.57. The van der Waals surface area contributed by atoms with Crippen molar-refractivity contribution in [3.05, 3.63) is 71.4 Å². The van der Waals surface area contributed by atoms with Crippen LogP contribution in [0, 0.1) is 0 Å². The number of rotatable bonds is 3. The maximum absolute atomic E-state index is 12.0. The molecule has 0 saturated heterocycles. The molecule has 1 amide bonds. The van der Waals surface area contributed by atoms with Crippen LogP contribution in [0.1, 0.15) is 11.1 Å². The van der Waals surface area contributed by atoms with Gasteiger partial charge in [-0.25, -0.2) is 4.99 Å². The van der Waals surface area contributed by atoms with Crippen LogP contribution in [-0.2, 0) is 4.79 Å². The zero-order chi connectivity index (χ0) is 14.7. The van der Waals surface area contributed by atoms with Crippen molar-refractivity contribution < 1.29 is 9.53 Å². The second-order valence-corrected chi connectivity index (χ2v) is 4.58. The van der Waals surface area contributed by atoms with Crippen molar-refractivity contribution in [1.82, 2.24) is 5.32 Å². The molecule has 0 aromatic heterocycles. The van der Waals surface area contributed by atoms with Gasteiger partial charge >= 0.3 is 0 Å². The third kappa shape index (κ3) is 2.84. The summed E-state index contributed by atoms with van der Waals surface area (Å²) in [5.41, 5.74) is 2.20. The number of amides is 1. The Kier molecular flexibility index (Phi) is 3.51. The van der Waals surface area contributed by atoms with Crippen LogP contribution in [0.2, 0.25) is 0 Å². The molecule has 0 saturated carbocycles. The summed E-state index contributed by atoms with van der Waals surface area (Å²) in [5, 5.41) is 2.78. The lowest BCUT2D eigenvalue weighted by atomic mass is 10.2. The Balaban J connectivity index is 1.89. The van der Waals surface area contributed by atoms with E-state index in [0.29, 0.717) is 11.5 Å². The molecule has 1 N–H and O–H groups in total. The maximum atomic E-state index is 12.0. The van der Waals surface area contributed by atoms with Gasteiger partial charge in [-0.05, 0) is 23.8 Å². The van der Waals surface area contributed by atoms with Gasteiger partial charge in [0.05, 0.1) is 7.11 Å². The summed E-state index contributed by atoms with van der Waals surface area (Å²) in [5.74, 6) is 1.17. The normalized spacial score (nSPS) is 15.8. The highest BCUT2D eigenvalue weighted by Crippen LogP contribution is 2.17. The van der Waals surface area contributed by atoms with E-state index in [1.165, 1.54) is 0 Å². The monoisotopic (exact) mass is 278 g/mol. The third-order valence-corrected chi connectivity index (χ3v) is 3.16. The van der Waals surface area contributed by atoms with Gasteiger partial charge < -0.3 is 10.1 Å². The van der Waals surface area contributed by atoms with Crippen LogP contribution in [-0.4, -0.2) is 18.9 Å². The van der Waals surface area contributed by atoms with Crippen LogP contribution in [0.25, 0.3) is 6.08 Å². The number of hydrogen-bond acceptors (Lipinski definition) is 3. The fraction of sp³-hybridized carbons (Fsp3) is 0.0588. The molecule has 0 bridgehead atoms. The molecule has 0 radical (unpaired) electrons. The van der Waals surface area contributed by atoms with Crippen molar-refractivity contribution in [3.8, 4) is 5.75 Å². The van der Waals surface area contributed by atoms with E-state index in [1.807, 2.05) is 54.6 Å². The van der Waals surface area contributed by atoms with Gasteiger partial charge in [-0.1, -0.05) is 42.5 Å². The van der Waals surface area contributed by atoms with E-state index in [1.54, 1.807) is 13.2 Å². The molecule has 1 heterocycles. The predicted octanol–water partition coefficient (Wildman–Crippen LogP) is 2.61. The number of nitrogens with zero attached hydrogens (tertiary/aromatic N) is 1. The number of methoxy groups -OCH3 is 1. The van der Waals surface area contributed by atoms with Crippen LogP contribution in [0.4, 0.5) is 0 Å². The Morgan fingerprint density at radius 3 is 2.43 bits per heavy atom. The molecular weight excluding hydrogens is 264 g/mol. The zero-order valence-electron chi connectivity index (χ0n) is 11.5. The Bertz CT molecular complexity index is 716. The first-order chi connectivity index (χ1) is 10.3. The molecular formula is C17H14N2O2. The standard InChI is InChI=1S/C17H14N2O2/c1-21-14-9-7-12(8-10-14)11-15-17(20)19-16(18-15)13-5-3-2-4-6-13/h2-11H,1H3,(H,18,19,20)/b15-11-. The highest BCUT2D eigenvalue weighted by atomic mass is 16.5. The van der Waals surface area contributed by atoms with E-state index in [9.17, 15) is 4.79 Å². The topological polar surface area (TPSA) is 50.7 Å². The molecule has 104 valence electrons. The lowest BCUT2D eigenvalue weighted by molar-refractivity contribution is -0.115. The maximum Gasteiger partial charge on any atom is 0.275 e. The molecule has 1 aliphatic heterocycles. The Hall–Kier alpha value is -2.88. The van der Waals surface area contributed by atoms with Crippen molar-refractivity contribution in [2.45, 2.75) is 0 Å². The molecule has 2 aromatic carbocycles. The van der Waals surface area contributed by atoms with Crippen LogP contribution < -0.4 is 10.1 Å². The summed E-state index contributed by atoms with van der Waals surface area (Å²) >= 11 is 0. The van der Waals surface area contributed by atoms with Gasteiger partial charge in [-0.3, -0.25) is 4.79 Å². The second kappa shape index (κ2) is 5.63. The smallest absolute Gasteiger partial charge is 0.275 e. The molecule has 1 aliphatic rings. The second-order valence-electron chi connectivity index (χ2n) is 4.58. The Morgan fingerprint density at radius 2 is 1.76 bits per heavy atom. The number of carbonyl (C=O) groups is 1. The summed E-state index contributed by atoms with van der Waals surface area (Å²) in [6.07, 6.45) is 1.75. The molecule has 0 aliphatic carbocycles. The van der Waals surface area contributed by atoms with Crippen molar-refractivity contribution in [2.24, 2.45) is 4.99 Å². The summed E-state index contributed by atoms with van der Waals surface area (Å²) in [4.78, 5) is 16.3. The molecule has 3 rings (SSSR count). The summed E-state index contributed by atoms with van der Waals surface area (Å²) in [7, 11) is 1.62. The number of nitrogens with one attached hydrogen (secondary N) is 1. The minimum atomic E-state index is -0.190. The van der Waals surface area contributed by atoms with Crippen molar-refractivity contribution in [2.75, 3.05) is 7.11 Å². The van der Waals surface area contributed by atoms with Crippen molar-refractivity contribution >= 4 is 17.8 Å². The number of benzene rings is 2. The van der Waals surface area contributed by atoms with E-state index in [2.05, 4.69) is 10.3 Å². The molecule has 4 heteroatoms. The SMILES string of the molecule is COc1ccc(/C=C2\N=C(c3ccccc3)NC2=O)cc1. The van der Waals surface area contributed by atoms with E-state index in [4.69, 9.17) is 4.74 Å². The molecule has 0 spiro atoms.